The second-order valence-electron chi connectivity index (χ2n) is 12.5. The van der Waals surface area contributed by atoms with E-state index >= 15 is 0 Å². The van der Waals surface area contributed by atoms with Gasteiger partial charge in [0.1, 0.15) is 0 Å². The second-order valence-corrected chi connectivity index (χ2v) is 14.6. The lowest BCUT2D eigenvalue weighted by Crippen LogP contribution is -1.93. The Morgan fingerprint density at radius 2 is 1.06 bits per heavy atom. The van der Waals surface area contributed by atoms with Gasteiger partial charge in [-0.25, -0.2) is 0 Å². The fourth-order valence-corrected chi connectivity index (χ4v) is 10.3. The Hall–Kier alpha value is -5.48. The summed E-state index contributed by atoms with van der Waals surface area (Å²) in [5.74, 6) is 0. The second kappa shape index (κ2) is 9.52. The highest BCUT2D eigenvalue weighted by Gasteiger charge is 2.18. The zero-order valence-electron chi connectivity index (χ0n) is 25.2. The maximum atomic E-state index is 2.47. The molecular formula is C44H25NS2. The highest BCUT2D eigenvalue weighted by Crippen LogP contribution is 2.47. The molecule has 0 fully saturated rings. The molecule has 3 heteroatoms. The standard InChI is InChI=1S/C44H25NS2/c1-2-10-28(11-3-1)45-38-15-7-4-12-29(38)36-22-26(18-21-39(36)45)34-23-27-24-42-37(31-14-6-8-16-40(31)46-42)25-35(27)43-32(34)19-20-33-30-13-5-9-17-41(30)47-44(33)43/h1-25H. The molecule has 0 bridgehead atoms. The van der Waals surface area contributed by atoms with Crippen molar-refractivity contribution < 1.29 is 0 Å². The van der Waals surface area contributed by atoms with Crippen molar-refractivity contribution in [3.05, 3.63) is 152 Å². The number of hydrogen-bond acceptors (Lipinski definition) is 2. The van der Waals surface area contributed by atoms with Crippen LogP contribution in [0.5, 0.6) is 0 Å². The average molecular weight is 632 g/mol. The number of hydrogen-bond donors (Lipinski definition) is 0. The Kier molecular flexibility index (Phi) is 5.20. The summed E-state index contributed by atoms with van der Waals surface area (Å²) in [6.45, 7) is 0. The molecule has 0 aliphatic heterocycles. The lowest BCUT2D eigenvalue weighted by atomic mass is 9.91. The van der Waals surface area contributed by atoms with Gasteiger partial charge >= 0.3 is 0 Å². The molecule has 0 unspecified atom stereocenters. The van der Waals surface area contributed by atoms with Crippen molar-refractivity contribution in [2.45, 2.75) is 0 Å². The van der Waals surface area contributed by atoms with E-state index in [4.69, 9.17) is 0 Å². The zero-order valence-corrected chi connectivity index (χ0v) is 26.8. The molecule has 0 aliphatic rings. The predicted octanol–water partition coefficient (Wildman–Crippen LogP) is 13.5. The summed E-state index contributed by atoms with van der Waals surface area (Å²) < 4.78 is 7.79. The minimum absolute atomic E-state index is 1.18. The Bertz CT molecular complexity index is 3070. The van der Waals surface area contributed by atoms with Crippen LogP contribution in [-0.4, -0.2) is 4.57 Å². The molecule has 0 amide bonds. The molecular weight excluding hydrogens is 607 g/mol. The van der Waals surface area contributed by atoms with E-state index in [-0.39, 0.29) is 0 Å². The summed E-state index contributed by atoms with van der Waals surface area (Å²) >= 11 is 3.82. The first-order valence-electron chi connectivity index (χ1n) is 16.0. The van der Waals surface area contributed by atoms with Crippen LogP contribution >= 0.6 is 22.7 Å². The molecule has 8 aromatic carbocycles. The largest absolute Gasteiger partial charge is 0.309 e. The zero-order chi connectivity index (χ0) is 30.6. The number of rotatable bonds is 2. The first-order valence-corrected chi connectivity index (χ1v) is 17.6. The number of thiophene rings is 2. The van der Waals surface area contributed by atoms with Crippen molar-refractivity contribution in [2.24, 2.45) is 0 Å². The number of para-hydroxylation sites is 2. The van der Waals surface area contributed by atoms with Crippen LogP contribution in [0.4, 0.5) is 0 Å². The molecule has 3 aromatic heterocycles. The summed E-state index contributed by atoms with van der Waals surface area (Å²) in [7, 11) is 0. The third-order valence-electron chi connectivity index (χ3n) is 9.95. The molecule has 11 rings (SSSR count). The lowest BCUT2D eigenvalue weighted by molar-refractivity contribution is 1.18. The SMILES string of the molecule is c1ccc(-n2c3ccccc3c3cc(-c4cc5cc6sc7ccccc7c6cc5c5c4ccc4c6ccccc6sc45)ccc32)cc1. The van der Waals surface area contributed by atoms with E-state index in [9.17, 15) is 0 Å². The topological polar surface area (TPSA) is 4.93 Å². The molecule has 47 heavy (non-hydrogen) atoms. The molecule has 3 heterocycles. The van der Waals surface area contributed by atoms with Crippen LogP contribution in [-0.2, 0) is 0 Å². The quantitative estimate of drug-likeness (QED) is 0.167. The lowest BCUT2D eigenvalue weighted by Gasteiger charge is -2.13. The number of fused-ring (bicyclic) bond motifs is 13. The van der Waals surface area contributed by atoms with Crippen LogP contribution < -0.4 is 0 Å². The van der Waals surface area contributed by atoms with Crippen LogP contribution in [0.25, 0.3) is 101 Å². The summed E-state index contributed by atoms with van der Waals surface area (Å²) in [6, 6.07) is 56.3. The number of benzene rings is 8. The fourth-order valence-electron chi connectivity index (χ4n) is 7.87. The normalized spacial score (nSPS) is 12.3. The van der Waals surface area contributed by atoms with Crippen molar-refractivity contribution in [2.75, 3.05) is 0 Å². The molecule has 11 aromatic rings. The van der Waals surface area contributed by atoms with Gasteiger partial charge < -0.3 is 4.57 Å². The highest BCUT2D eigenvalue weighted by atomic mass is 32.1. The number of nitrogens with zero attached hydrogens (tertiary/aromatic N) is 1. The summed E-state index contributed by atoms with van der Waals surface area (Å²) in [5, 5.41) is 13.2. The minimum Gasteiger partial charge on any atom is -0.309 e. The van der Waals surface area contributed by atoms with Crippen LogP contribution in [0.1, 0.15) is 0 Å². The van der Waals surface area contributed by atoms with E-state index in [2.05, 4.69) is 156 Å². The van der Waals surface area contributed by atoms with Crippen molar-refractivity contribution >= 4 is 106 Å². The van der Waals surface area contributed by atoms with Crippen molar-refractivity contribution in [1.29, 1.82) is 0 Å². The van der Waals surface area contributed by atoms with Gasteiger partial charge in [-0.3, -0.25) is 0 Å². The molecule has 218 valence electrons. The van der Waals surface area contributed by atoms with Gasteiger partial charge in [-0.2, -0.15) is 0 Å². The van der Waals surface area contributed by atoms with Crippen molar-refractivity contribution in [1.82, 2.24) is 4.57 Å². The van der Waals surface area contributed by atoms with Crippen LogP contribution in [0.15, 0.2) is 152 Å². The Balaban J connectivity index is 1.27. The van der Waals surface area contributed by atoms with Gasteiger partial charge in [0.2, 0.25) is 0 Å². The molecule has 0 saturated carbocycles. The molecule has 0 saturated heterocycles. The van der Waals surface area contributed by atoms with Gasteiger partial charge in [-0.05, 0) is 87.9 Å². The Morgan fingerprint density at radius 1 is 0.383 bits per heavy atom. The molecule has 0 N–H and O–H groups in total. The fraction of sp³-hybridized carbons (Fsp3) is 0. The average Bonchev–Trinajstić information content (AvgIpc) is 3.79. The van der Waals surface area contributed by atoms with E-state index in [1.165, 1.54) is 101 Å². The summed E-state index contributed by atoms with van der Waals surface area (Å²) in [4.78, 5) is 0. The van der Waals surface area contributed by atoms with Gasteiger partial charge in [0.15, 0.2) is 0 Å². The van der Waals surface area contributed by atoms with Gasteiger partial charge in [0, 0.05) is 62.2 Å². The minimum atomic E-state index is 1.18. The van der Waals surface area contributed by atoms with Crippen LogP contribution in [0, 0.1) is 0 Å². The molecule has 0 aliphatic carbocycles. The van der Waals surface area contributed by atoms with Gasteiger partial charge in [0.25, 0.3) is 0 Å². The monoisotopic (exact) mass is 631 g/mol. The molecule has 0 radical (unpaired) electrons. The molecule has 0 atom stereocenters. The smallest absolute Gasteiger partial charge is 0.0541 e. The third-order valence-corrected chi connectivity index (χ3v) is 12.3. The maximum absolute atomic E-state index is 2.47. The Labute approximate surface area is 278 Å². The van der Waals surface area contributed by atoms with E-state index in [1.807, 2.05) is 22.7 Å². The van der Waals surface area contributed by atoms with Crippen molar-refractivity contribution in [3.8, 4) is 16.8 Å². The molecule has 0 spiro atoms. The van der Waals surface area contributed by atoms with Crippen LogP contribution in [0.3, 0.4) is 0 Å². The Morgan fingerprint density at radius 3 is 1.91 bits per heavy atom. The van der Waals surface area contributed by atoms with E-state index in [1.54, 1.807) is 0 Å². The first kappa shape index (κ1) is 25.7. The van der Waals surface area contributed by atoms with E-state index in [0.717, 1.165) is 0 Å². The highest BCUT2D eigenvalue weighted by molar-refractivity contribution is 7.27. The first-order chi connectivity index (χ1) is 23.3. The maximum Gasteiger partial charge on any atom is 0.0541 e. The van der Waals surface area contributed by atoms with Crippen LogP contribution in [0.2, 0.25) is 0 Å². The van der Waals surface area contributed by atoms with Gasteiger partial charge in [-0.15, -0.1) is 22.7 Å². The predicted molar refractivity (Wildman–Crippen MR) is 207 cm³/mol. The summed E-state index contributed by atoms with van der Waals surface area (Å²) in [5.41, 5.74) is 6.17. The van der Waals surface area contributed by atoms with Crippen molar-refractivity contribution in [3.63, 3.8) is 0 Å². The summed E-state index contributed by atoms with van der Waals surface area (Å²) in [6.07, 6.45) is 0. The number of aromatic nitrogens is 1. The molecule has 1 nitrogen and oxygen atoms in total. The third kappa shape index (κ3) is 3.58. The van der Waals surface area contributed by atoms with E-state index in [0.29, 0.717) is 0 Å². The van der Waals surface area contributed by atoms with E-state index < -0.39 is 0 Å². The van der Waals surface area contributed by atoms with Gasteiger partial charge in [0.05, 0.1) is 11.0 Å². The van der Waals surface area contributed by atoms with Gasteiger partial charge in [-0.1, -0.05) is 91.0 Å².